The van der Waals surface area contributed by atoms with Gasteiger partial charge < -0.3 is 10.5 Å². The quantitative estimate of drug-likeness (QED) is 0.685. The van der Waals surface area contributed by atoms with Crippen molar-refractivity contribution in [3.8, 4) is 5.75 Å². The Bertz CT molecular complexity index is 626. The molecule has 0 aliphatic heterocycles. The first kappa shape index (κ1) is 14.7. The first-order valence-electron chi connectivity index (χ1n) is 6.51. The second kappa shape index (κ2) is 6.18. The summed E-state index contributed by atoms with van der Waals surface area (Å²) in [4.78, 5) is 5.61. The van der Waals surface area contributed by atoms with E-state index in [9.17, 15) is 0 Å². The highest BCUT2D eigenvalue weighted by Gasteiger charge is 2.10. The zero-order chi connectivity index (χ0) is 14.7. The molecule has 0 spiro atoms. The van der Waals surface area contributed by atoms with Crippen molar-refractivity contribution in [2.45, 2.75) is 31.4 Å². The van der Waals surface area contributed by atoms with Gasteiger partial charge in [0.25, 0.3) is 0 Å². The van der Waals surface area contributed by atoms with Crippen molar-refractivity contribution in [1.29, 1.82) is 0 Å². The van der Waals surface area contributed by atoms with Crippen LogP contribution in [0.15, 0.2) is 29.3 Å². The van der Waals surface area contributed by atoms with E-state index in [4.69, 9.17) is 10.5 Å². The van der Waals surface area contributed by atoms with E-state index >= 15 is 0 Å². The predicted octanol–water partition coefficient (Wildman–Crippen LogP) is 3.89. The van der Waals surface area contributed by atoms with Crippen molar-refractivity contribution in [2.75, 3.05) is 12.8 Å². The molecule has 0 atom stereocenters. The zero-order valence-corrected chi connectivity index (χ0v) is 13.2. The van der Waals surface area contributed by atoms with Gasteiger partial charge in [-0.15, -0.1) is 11.8 Å². The second-order valence-corrected chi connectivity index (χ2v) is 5.84. The molecule has 2 N–H and O–H groups in total. The molecule has 2 aromatic rings. The molecule has 0 unspecified atom stereocenters. The van der Waals surface area contributed by atoms with E-state index in [1.54, 1.807) is 18.9 Å². The van der Waals surface area contributed by atoms with E-state index in [0.29, 0.717) is 0 Å². The number of nitrogen functional groups attached to an aromatic ring is 1. The van der Waals surface area contributed by atoms with Crippen LogP contribution in [0.4, 0.5) is 5.69 Å². The minimum atomic E-state index is 0.788. The Morgan fingerprint density at radius 3 is 2.65 bits per heavy atom. The molecule has 4 heteroatoms. The molecular weight excluding hydrogens is 268 g/mol. The molecule has 0 saturated heterocycles. The number of nitrogens with zero attached hydrogens (tertiary/aromatic N) is 1. The van der Waals surface area contributed by atoms with Crippen LogP contribution in [-0.4, -0.2) is 12.1 Å². The second-order valence-electron chi connectivity index (χ2n) is 4.82. The summed E-state index contributed by atoms with van der Waals surface area (Å²) in [5.41, 5.74) is 11.3. The van der Waals surface area contributed by atoms with Gasteiger partial charge in [-0.05, 0) is 32.4 Å². The van der Waals surface area contributed by atoms with Crippen LogP contribution in [0.2, 0.25) is 0 Å². The lowest BCUT2D eigenvalue weighted by Gasteiger charge is -2.13. The fourth-order valence-corrected chi connectivity index (χ4v) is 3.22. The number of aryl methyl sites for hydroxylation is 2. The van der Waals surface area contributed by atoms with Crippen molar-refractivity contribution >= 4 is 17.4 Å². The highest BCUT2D eigenvalue weighted by molar-refractivity contribution is 7.98. The Morgan fingerprint density at radius 2 is 1.95 bits per heavy atom. The lowest BCUT2D eigenvalue weighted by Crippen LogP contribution is -1.99. The summed E-state index contributed by atoms with van der Waals surface area (Å²) in [6, 6.07) is 6.11. The van der Waals surface area contributed by atoms with Crippen molar-refractivity contribution in [3.63, 3.8) is 0 Å². The molecule has 2 rings (SSSR count). The zero-order valence-electron chi connectivity index (χ0n) is 12.4. The van der Waals surface area contributed by atoms with Gasteiger partial charge in [0.1, 0.15) is 5.75 Å². The van der Waals surface area contributed by atoms with E-state index in [0.717, 1.165) is 44.5 Å². The van der Waals surface area contributed by atoms with Crippen LogP contribution in [0.1, 0.15) is 22.4 Å². The average molecular weight is 288 g/mol. The molecule has 0 radical (unpaired) electrons. The number of thioether (sulfide) groups is 1. The third-order valence-electron chi connectivity index (χ3n) is 3.40. The van der Waals surface area contributed by atoms with E-state index < -0.39 is 0 Å². The molecule has 106 valence electrons. The monoisotopic (exact) mass is 288 g/mol. The van der Waals surface area contributed by atoms with Gasteiger partial charge in [0.2, 0.25) is 0 Å². The Morgan fingerprint density at radius 1 is 1.20 bits per heavy atom. The Kier molecular flexibility index (Phi) is 4.55. The minimum Gasteiger partial charge on any atom is -0.496 e. The molecule has 1 heterocycles. The first-order chi connectivity index (χ1) is 9.54. The van der Waals surface area contributed by atoms with Gasteiger partial charge in [-0.3, -0.25) is 4.98 Å². The van der Waals surface area contributed by atoms with Crippen LogP contribution in [0.5, 0.6) is 5.75 Å². The number of benzene rings is 1. The third kappa shape index (κ3) is 2.90. The summed E-state index contributed by atoms with van der Waals surface area (Å²) in [5.74, 6) is 1.71. The molecule has 0 saturated carbocycles. The average Bonchev–Trinajstić information content (AvgIpc) is 2.43. The highest BCUT2D eigenvalue weighted by atomic mass is 32.2. The maximum absolute atomic E-state index is 6.10. The summed E-state index contributed by atoms with van der Waals surface area (Å²) in [6.45, 7) is 6.08. The molecule has 0 aliphatic carbocycles. The number of methoxy groups -OCH3 is 1. The third-order valence-corrected chi connectivity index (χ3v) is 4.48. The number of aromatic nitrogens is 1. The number of ether oxygens (including phenoxy) is 1. The SMILES string of the molecule is COc1c(C)cnc(CSc2cccc(C)c2N)c1C. The summed E-state index contributed by atoms with van der Waals surface area (Å²) in [6.07, 6.45) is 1.86. The number of anilines is 1. The molecule has 0 aliphatic rings. The summed E-state index contributed by atoms with van der Waals surface area (Å²) in [5, 5.41) is 0. The predicted molar refractivity (Wildman–Crippen MR) is 85.4 cm³/mol. The normalized spacial score (nSPS) is 10.6. The molecule has 0 amide bonds. The van der Waals surface area contributed by atoms with Gasteiger partial charge >= 0.3 is 0 Å². The maximum Gasteiger partial charge on any atom is 0.128 e. The number of pyridine rings is 1. The van der Waals surface area contributed by atoms with Gasteiger partial charge in [0, 0.05) is 33.7 Å². The van der Waals surface area contributed by atoms with E-state index in [-0.39, 0.29) is 0 Å². The van der Waals surface area contributed by atoms with E-state index in [1.165, 1.54) is 0 Å². The summed E-state index contributed by atoms with van der Waals surface area (Å²) >= 11 is 1.71. The van der Waals surface area contributed by atoms with Gasteiger partial charge in [0.05, 0.1) is 12.8 Å². The molecule has 1 aromatic carbocycles. The van der Waals surface area contributed by atoms with Gasteiger partial charge in [0.15, 0.2) is 0 Å². The molecule has 1 aromatic heterocycles. The topological polar surface area (TPSA) is 48.1 Å². The fourth-order valence-electron chi connectivity index (χ4n) is 2.14. The van der Waals surface area contributed by atoms with Gasteiger partial charge in [-0.1, -0.05) is 12.1 Å². The maximum atomic E-state index is 6.10. The van der Waals surface area contributed by atoms with Crippen molar-refractivity contribution in [1.82, 2.24) is 4.98 Å². The molecule has 20 heavy (non-hydrogen) atoms. The van der Waals surface area contributed by atoms with Gasteiger partial charge in [-0.25, -0.2) is 0 Å². The van der Waals surface area contributed by atoms with Crippen LogP contribution in [0, 0.1) is 20.8 Å². The fraction of sp³-hybridized carbons (Fsp3) is 0.312. The van der Waals surface area contributed by atoms with Crippen molar-refractivity contribution in [2.24, 2.45) is 0 Å². The van der Waals surface area contributed by atoms with Crippen LogP contribution in [0.3, 0.4) is 0 Å². The van der Waals surface area contributed by atoms with Crippen molar-refractivity contribution in [3.05, 3.63) is 46.8 Å². The lowest BCUT2D eigenvalue weighted by atomic mass is 10.1. The molecule has 0 bridgehead atoms. The van der Waals surface area contributed by atoms with E-state index in [1.807, 2.05) is 45.2 Å². The summed E-state index contributed by atoms with van der Waals surface area (Å²) in [7, 11) is 1.70. The molecule has 3 nitrogen and oxygen atoms in total. The summed E-state index contributed by atoms with van der Waals surface area (Å²) < 4.78 is 5.44. The molecule has 0 fully saturated rings. The standard InChI is InChI=1S/C16H20N2OS/c1-10-6-5-7-14(15(10)17)20-9-13-12(3)16(19-4)11(2)8-18-13/h5-8H,9,17H2,1-4H3. The first-order valence-corrected chi connectivity index (χ1v) is 7.50. The van der Waals surface area contributed by atoms with Gasteiger partial charge in [-0.2, -0.15) is 0 Å². The van der Waals surface area contributed by atoms with Crippen LogP contribution in [0.25, 0.3) is 0 Å². The molecular formula is C16H20N2OS. The van der Waals surface area contributed by atoms with E-state index in [2.05, 4.69) is 4.98 Å². The largest absolute Gasteiger partial charge is 0.496 e. The lowest BCUT2D eigenvalue weighted by molar-refractivity contribution is 0.407. The Hall–Kier alpha value is -1.68. The number of rotatable bonds is 4. The number of hydrogen-bond acceptors (Lipinski definition) is 4. The van der Waals surface area contributed by atoms with Crippen LogP contribution >= 0.6 is 11.8 Å². The van der Waals surface area contributed by atoms with Crippen molar-refractivity contribution < 1.29 is 4.74 Å². The Labute approximate surface area is 124 Å². The smallest absolute Gasteiger partial charge is 0.128 e. The number of nitrogens with two attached hydrogens (primary N) is 1. The number of para-hydroxylation sites is 1. The Balaban J connectivity index is 2.21. The highest BCUT2D eigenvalue weighted by Crippen LogP contribution is 2.32. The number of hydrogen-bond donors (Lipinski definition) is 1. The van der Waals surface area contributed by atoms with Crippen LogP contribution < -0.4 is 10.5 Å². The minimum absolute atomic E-state index is 0.788. The van der Waals surface area contributed by atoms with Crippen LogP contribution in [-0.2, 0) is 5.75 Å².